The van der Waals surface area contributed by atoms with Gasteiger partial charge in [0.15, 0.2) is 5.17 Å². The predicted octanol–water partition coefficient (Wildman–Crippen LogP) is 3.87. The normalized spacial score (nSPS) is 27.3. The number of fused-ring (bicyclic) bond motifs is 1. The Bertz CT molecular complexity index is 838. The summed E-state index contributed by atoms with van der Waals surface area (Å²) in [5.41, 5.74) is -0.0325. The minimum atomic E-state index is -0.612. The molecule has 1 amide bonds. The number of amides is 1. The van der Waals surface area contributed by atoms with E-state index in [0.717, 1.165) is 17.6 Å². The van der Waals surface area contributed by atoms with Crippen LogP contribution in [-0.4, -0.2) is 65.4 Å². The van der Waals surface area contributed by atoms with Crippen molar-refractivity contribution in [1.29, 1.82) is 0 Å². The van der Waals surface area contributed by atoms with Gasteiger partial charge in [-0.3, -0.25) is 9.89 Å². The van der Waals surface area contributed by atoms with Gasteiger partial charge in [0.25, 0.3) is 0 Å². The van der Waals surface area contributed by atoms with Crippen LogP contribution in [0.1, 0.15) is 40.2 Å². The average molecular weight is 465 g/mol. The number of amidine groups is 1. The highest BCUT2D eigenvalue weighted by Crippen LogP contribution is 2.41. The Morgan fingerprint density at radius 2 is 1.97 bits per heavy atom. The fourth-order valence-corrected chi connectivity index (χ4v) is 4.88. The average Bonchev–Trinajstić information content (AvgIpc) is 3.15. The van der Waals surface area contributed by atoms with E-state index in [1.54, 1.807) is 7.11 Å². The van der Waals surface area contributed by atoms with Crippen molar-refractivity contribution in [2.24, 2.45) is 10.9 Å². The van der Waals surface area contributed by atoms with Gasteiger partial charge in [-0.2, -0.15) is 0 Å². The third-order valence-electron chi connectivity index (χ3n) is 5.32. The maximum absolute atomic E-state index is 12.7. The smallest absolute Gasteiger partial charge is 0.416 e. The van der Waals surface area contributed by atoms with Crippen molar-refractivity contribution in [3.63, 3.8) is 0 Å². The van der Waals surface area contributed by atoms with Crippen molar-refractivity contribution in [1.82, 2.24) is 4.90 Å². The molecule has 2 aliphatic rings. The number of aliphatic imine (C=N–C) groups is 1. The Morgan fingerprint density at radius 3 is 2.53 bits per heavy atom. The molecule has 0 saturated carbocycles. The molecule has 2 aliphatic heterocycles. The van der Waals surface area contributed by atoms with Crippen LogP contribution < -0.4 is 4.74 Å². The molecule has 1 aromatic rings. The lowest BCUT2D eigenvalue weighted by Crippen LogP contribution is -2.51. The minimum Gasteiger partial charge on any atom is -0.497 e. The van der Waals surface area contributed by atoms with Crippen LogP contribution in [0.25, 0.3) is 0 Å². The van der Waals surface area contributed by atoms with Gasteiger partial charge in [0, 0.05) is 12.5 Å². The number of nitrogens with zero attached hydrogens (tertiary/aromatic N) is 2. The molecule has 176 valence electrons. The minimum absolute atomic E-state index is 0.188. The Kier molecular flexibility index (Phi) is 7.84. The topological polar surface area (TPSA) is 86.7 Å². The van der Waals surface area contributed by atoms with Gasteiger partial charge in [-0.1, -0.05) is 30.8 Å². The van der Waals surface area contributed by atoms with Crippen molar-refractivity contribution in [2.45, 2.75) is 70.5 Å². The van der Waals surface area contributed by atoms with E-state index in [0.29, 0.717) is 18.3 Å². The van der Waals surface area contributed by atoms with E-state index < -0.39 is 23.2 Å². The summed E-state index contributed by atoms with van der Waals surface area (Å²) in [5.74, 6) is 0.588. The summed E-state index contributed by atoms with van der Waals surface area (Å²) in [7, 11) is 1.62. The molecule has 8 nitrogen and oxygen atoms in total. The molecule has 1 aromatic carbocycles. The maximum atomic E-state index is 12.7. The van der Waals surface area contributed by atoms with Crippen molar-refractivity contribution >= 4 is 29.3 Å². The number of hydrogen-bond donors (Lipinski definition) is 0. The van der Waals surface area contributed by atoms with E-state index in [-0.39, 0.29) is 18.1 Å². The van der Waals surface area contributed by atoms with Crippen molar-refractivity contribution in [3.8, 4) is 5.75 Å². The van der Waals surface area contributed by atoms with E-state index in [2.05, 4.69) is 0 Å². The molecule has 0 aromatic heterocycles. The third-order valence-corrected chi connectivity index (χ3v) is 6.48. The zero-order valence-electron chi connectivity index (χ0n) is 19.4. The molecule has 0 aliphatic carbocycles. The second-order valence-corrected chi connectivity index (χ2v) is 9.90. The summed E-state index contributed by atoms with van der Waals surface area (Å²) < 4.78 is 23.0. The van der Waals surface area contributed by atoms with Crippen molar-refractivity contribution < 1.29 is 28.5 Å². The summed E-state index contributed by atoms with van der Waals surface area (Å²) in [6.07, 6.45) is -0.584. The molecule has 0 unspecified atom stereocenters. The van der Waals surface area contributed by atoms with E-state index in [4.69, 9.17) is 23.9 Å². The first-order chi connectivity index (χ1) is 15.2. The first-order valence-electron chi connectivity index (χ1n) is 10.8. The number of carbonyl (C=O) groups excluding carboxylic acids is 2. The number of benzene rings is 1. The van der Waals surface area contributed by atoms with E-state index in [9.17, 15) is 9.59 Å². The molecule has 0 radical (unpaired) electrons. The molecule has 0 spiro atoms. The fraction of sp³-hybridized carbons (Fsp3) is 0.609. The molecule has 9 heteroatoms. The molecule has 32 heavy (non-hydrogen) atoms. The Balaban J connectivity index is 1.78. The van der Waals surface area contributed by atoms with Gasteiger partial charge in [-0.25, -0.2) is 4.79 Å². The molecular formula is C23H32N2O6S. The summed E-state index contributed by atoms with van der Waals surface area (Å²) in [5, 5.41) is 0.522. The lowest BCUT2D eigenvalue weighted by atomic mass is 9.90. The molecule has 1 saturated heterocycles. The molecule has 0 bridgehead atoms. The van der Waals surface area contributed by atoms with Crippen LogP contribution in [0.4, 0.5) is 4.79 Å². The second kappa shape index (κ2) is 10.2. The summed E-state index contributed by atoms with van der Waals surface area (Å²) in [4.78, 5) is 30.6. The van der Waals surface area contributed by atoms with Crippen LogP contribution in [0.5, 0.6) is 5.75 Å². The van der Waals surface area contributed by atoms with Gasteiger partial charge >= 0.3 is 6.09 Å². The summed E-state index contributed by atoms with van der Waals surface area (Å²) >= 11 is 1.33. The second-order valence-electron chi connectivity index (χ2n) is 8.83. The van der Waals surface area contributed by atoms with Gasteiger partial charge in [-0.15, -0.1) is 0 Å². The molecule has 1 fully saturated rings. The van der Waals surface area contributed by atoms with Gasteiger partial charge in [0.1, 0.15) is 35.2 Å². The third kappa shape index (κ3) is 5.63. The van der Waals surface area contributed by atoms with Gasteiger partial charge < -0.3 is 23.7 Å². The lowest BCUT2D eigenvalue weighted by Gasteiger charge is -2.39. The standard InChI is InChI=1S/C23H32N2O6S/c1-7-25(22(27)31-23(3,4)5)21-24-18-19(14(2)17(12-26)30-20(18)32-21)29-13-15-8-10-16(28-6)11-9-15/h8-12,14,17-20H,7,13H2,1-6H3/t14-,17-,18-,19+,20-/m1/s1. The van der Waals surface area contributed by atoms with Crippen LogP contribution in [0.2, 0.25) is 0 Å². The monoisotopic (exact) mass is 464 g/mol. The van der Waals surface area contributed by atoms with E-state index >= 15 is 0 Å². The molecular weight excluding hydrogens is 432 g/mol. The van der Waals surface area contributed by atoms with Crippen molar-refractivity contribution in [3.05, 3.63) is 29.8 Å². The number of methoxy groups -OCH3 is 1. The molecule has 3 rings (SSSR count). The number of carbonyl (C=O) groups is 2. The van der Waals surface area contributed by atoms with Crippen LogP contribution >= 0.6 is 11.8 Å². The van der Waals surface area contributed by atoms with Crippen LogP contribution in [0, 0.1) is 5.92 Å². The first-order valence-corrected chi connectivity index (χ1v) is 11.6. The van der Waals surface area contributed by atoms with E-state index in [1.165, 1.54) is 16.7 Å². The zero-order valence-corrected chi connectivity index (χ0v) is 20.3. The Morgan fingerprint density at radius 1 is 1.28 bits per heavy atom. The molecule has 2 heterocycles. The Hall–Kier alpha value is -2.10. The largest absolute Gasteiger partial charge is 0.497 e. The number of aldehydes is 1. The van der Waals surface area contributed by atoms with Crippen LogP contribution in [0.15, 0.2) is 29.3 Å². The summed E-state index contributed by atoms with van der Waals surface area (Å²) in [6, 6.07) is 7.31. The highest BCUT2D eigenvalue weighted by atomic mass is 32.2. The van der Waals surface area contributed by atoms with Gasteiger partial charge in [0.05, 0.1) is 19.8 Å². The number of hydrogen-bond acceptors (Lipinski definition) is 8. The highest BCUT2D eigenvalue weighted by Gasteiger charge is 2.49. The SMILES string of the molecule is CCN(C(=O)OC(C)(C)C)C1=N[C@@H]2[C@@H](OCc3ccc(OC)cc3)[C@H](C)[C@@H](C=O)O[C@@H]2S1. The number of rotatable bonds is 6. The lowest BCUT2D eigenvalue weighted by molar-refractivity contribution is -0.150. The van der Waals surface area contributed by atoms with Crippen LogP contribution in [0.3, 0.4) is 0 Å². The summed E-state index contributed by atoms with van der Waals surface area (Å²) in [6.45, 7) is 10.0. The molecule has 0 N–H and O–H groups in total. The fourth-order valence-electron chi connectivity index (χ4n) is 3.62. The maximum Gasteiger partial charge on any atom is 0.416 e. The quantitative estimate of drug-likeness (QED) is 0.591. The van der Waals surface area contributed by atoms with E-state index in [1.807, 2.05) is 58.9 Å². The highest BCUT2D eigenvalue weighted by molar-refractivity contribution is 8.14. The molecule has 5 atom stereocenters. The first kappa shape index (κ1) is 24.5. The van der Waals surface area contributed by atoms with Gasteiger partial charge in [0.2, 0.25) is 0 Å². The Labute approximate surface area is 193 Å². The van der Waals surface area contributed by atoms with Crippen molar-refractivity contribution in [2.75, 3.05) is 13.7 Å². The number of ether oxygens (including phenoxy) is 4. The predicted molar refractivity (Wildman–Crippen MR) is 123 cm³/mol. The number of thioether (sulfide) groups is 1. The van der Waals surface area contributed by atoms with Gasteiger partial charge in [-0.05, 0) is 45.4 Å². The van der Waals surface area contributed by atoms with Crippen LogP contribution in [-0.2, 0) is 25.6 Å². The zero-order chi connectivity index (χ0) is 23.5.